The Labute approximate surface area is 142 Å². The van der Waals surface area contributed by atoms with Crippen molar-refractivity contribution in [1.29, 1.82) is 0 Å². The number of carbonyl (C=O) groups excluding carboxylic acids is 2. The van der Waals surface area contributed by atoms with E-state index in [2.05, 4.69) is 10.6 Å². The molecule has 0 aliphatic rings. The van der Waals surface area contributed by atoms with Gasteiger partial charge < -0.3 is 10.6 Å². The summed E-state index contributed by atoms with van der Waals surface area (Å²) in [6, 6.07) is 9.48. The fourth-order valence-electron chi connectivity index (χ4n) is 2.01. The standard InChI is InChI=1S/C17H15ClF2N2O2/c18-11-3-1-4-13(9-11)22-16(23)5-2-8-21-17(24)14-7-6-12(19)10-15(14)20/h1,3-4,6-7,9-10H,2,5,8H2,(H,21,24)(H,22,23). The van der Waals surface area contributed by atoms with E-state index in [0.717, 1.165) is 12.1 Å². The third-order valence-corrected chi connectivity index (χ3v) is 3.39. The molecule has 2 N–H and O–H groups in total. The number of nitrogens with one attached hydrogen (secondary N) is 2. The van der Waals surface area contributed by atoms with Gasteiger partial charge in [0.1, 0.15) is 11.6 Å². The third kappa shape index (κ3) is 5.31. The van der Waals surface area contributed by atoms with Crippen molar-refractivity contribution >= 4 is 29.1 Å². The molecular weight excluding hydrogens is 338 g/mol. The zero-order chi connectivity index (χ0) is 17.5. The zero-order valence-corrected chi connectivity index (χ0v) is 13.4. The number of rotatable bonds is 6. The summed E-state index contributed by atoms with van der Waals surface area (Å²) in [7, 11) is 0. The van der Waals surface area contributed by atoms with Crippen molar-refractivity contribution in [3.8, 4) is 0 Å². The number of benzene rings is 2. The van der Waals surface area contributed by atoms with Crippen molar-refractivity contribution in [3.05, 3.63) is 64.7 Å². The summed E-state index contributed by atoms with van der Waals surface area (Å²) in [6.07, 6.45) is 0.555. The minimum absolute atomic E-state index is 0.179. The Hall–Kier alpha value is -2.47. The lowest BCUT2D eigenvalue weighted by Crippen LogP contribution is -2.26. The summed E-state index contributed by atoms with van der Waals surface area (Å²) in [6.45, 7) is 0.193. The van der Waals surface area contributed by atoms with Crippen LogP contribution in [0.4, 0.5) is 14.5 Å². The molecule has 0 heterocycles. The highest BCUT2D eigenvalue weighted by Gasteiger charge is 2.12. The molecule has 7 heteroatoms. The van der Waals surface area contributed by atoms with Crippen LogP contribution in [0, 0.1) is 11.6 Å². The maximum absolute atomic E-state index is 13.4. The number of hydrogen-bond acceptors (Lipinski definition) is 2. The Kier molecular flexibility index (Phi) is 6.26. The number of amides is 2. The number of hydrogen-bond donors (Lipinski definition) is 2. The second-order valence-electron chi connectivity index (χ2n) is 5.04. The van der Waals surface area contributed by atoms with Gasteiger partial charge in [0.2, 0.25) is 5.91 Å². The Morgan fingerprint density at radius 2 is 1.88 bits per heavy atom. The molecule has 4 nitrogen and oxygen atoms in total. The first kappa shape index (κ1) is 17.9. The topological polar surface area (TPSA) is 58.2 Å². The van der Waals surface area contributed by atoms with Gasteiger partial charge in [-0.05, 0) is 36.8 Å². The van der Waals surface area contributed by atoms with E-state index in [1.54, 1.807) is 24.3 Å². The van der Waals surface area contributed by atoms with E-state index in [4.69, 9.17) is 11.6 Å². The molecule has 0 saturated heterocycles. The molecule has 0 atom stereocenters. The first-order chi connectivity index (χ1) is 11.5. The summed E-state index contributed by atoms with van der Waals surface area (Å²) in [5.74, 6) is -2.55. The monoisotopic (exact) mass is 352 g/mol. The molecule has 0 aliphatic heterocycles. The van der Waals surface area contributed by atoms with Crippen LogP contribution in [-0.4, -0.2) is 18.4 Å². The van der Waals surface area contributed by atoms with Gasteiger partial charge >= 0.3 is 0 Å². The predicted octanol–water partition coefficient (Wildman–Crippen LogP) is 3.77. The van der Waals surface area contributed by atoms with Crippen LogP contribution < -0.4 is 10.6 Å². The van der Waals surface area contributed by atoms with Gasteiger partial charge in [-0.2, -0.15) is 0 Å². The smallest absolute Gasteiger partial charge is 0.254 e. The first-order valence-electron chi connectivity index (χ1n) is 7.24. The Morgan fingerprint density at radius 3 is 2.58 bits per heavy atom. The van der Waals surface area contributed by atoms with Crippen molar-refractivity contribution in [2.45, 2.75) is 12.8 Å². The van der Waals surface area contributed by atoms with Gasteiger partial charge in [0.25, 0.3) is 5.91 Å². The predicted molar refractivity (Wildman–Crippen MR) is 88.0 cm³/mol. The average Bonchev–Trinajstić information content (AvgIpc) is 2.51. The summed E-state index contributed by atoms with van der Waals surface area (Å²) < 4.78 is 26.2. The molecule has 0 fully saturated rings. The van der Waals surface area contributed by atoms with Gasteiger partial charge in [-0.3, -0.25) is 9.59 Å². The Bertz CT molecular complexity index is 753. The van der Waals surface area contributed by atoms with E-state index < -0.39 is 17.5 Å². The van der Waals surface area contributed by atoms with E-state index >= 15 is 0 Å². The van der Waals surface area contributed by atoms with E-state index in [0.29, 0.717) is 23.2 Å². The van der Waals surface area contributed by atoms with Crippen LogP contribution in [0.5, 0.6) is 0 Å². The molecule has 24 heavy (non-hydrogen) atoms. The molecule has 0 unspecified atom stereocenters. The molecule has 2 aromatic carbocycles. The van der Waals surface area contributed by atoms with Crippen molar-refractivity contribution in [1.82, 2.24) is 5.32 Å². The van der Waals surface area contributed by atoms with Crippen LogP contribution in [0.25, 0.3) is 0 Å². The molecule has 0 radical (unpaired) electrons. The first-order valence-corrected chi connectivity index (χ1v) is 7.62. The normalized spacial score (nSPS) is 10.3. The molecule has 0 spiro atoms. The van der Waals surface area contributed by atoms with Gasteiger partial charge in [-0.1, -0.05) is 17.7 Å². The number of carbonyl (C=O) groups is 2. The number of anilines is 1. The maximum Gasteiger partial charge on any atom is 0.254 e. The Balaban J connectivity index is 1.74. The van der Waals surface area contributed by atoms with Gasteiger partial charge in [0, 0.05) is 29.7 Å². The average molecular weight is 353 g/mol. The molecule has 0 aromatic heterocycles. The van der Waals surface area contributed by atoms with E-state index in [1.807, 2.05) is 0 Å². The quantitative estimate of drug-likeness (QED) is 0.777. The fourth-order valence-corrected chi connectivity index (χ4v) is 2.20. The van der Waals surface area contributed by atoms with Crippen LogP contribution >= 0.6 is 11.6 Å². The van der Waals surface area contributed by atoms with Crippen LogP contribution in [0.15, 0.2) is 42.5 Å². The molecule has 2 amide bonds. The van der Waals surface area contributed by atoms with Gasteiger partial charge in [0.15, 0.2) is 0 Å². The fraction of sp³-hybridized carbons (Fsp3) is 0.176. The molecule has 0 saturated carbocycles. The zero-order valence-electron chi connectivity index (χ0n) is 12.6. The molecule has 0 aliphatic carbocycles. The molecule has 0 bridgehead atoms. The lowest BCUT2D eigenvalue weighted by atomic mass is 10.2. The second-order valence-corrected chi connectivity index (χ2v) is 5.48. The summed E-state index contributed by atoms with van der Waals surface area (Å²) in [4.78, 5) is 23.5. The Morgan fingerprint density at radius 1 is 1.08 bits per heavy atom. The van der Waals surface area contributed by atoms with Crippen LogP contribution in [0.2, 0.25) is 5.02 Å². The van der Waals surface area contributed by atoms with Gasteiger partial charge in [-0.25, -0.2) is 8.78 Å². The molecule has 2 aromatic rings. The van der Waals surface area contributed by atoms with Crippen molar-refractivity contribution in [2.75, 3.05) is 11.9 Å². The SMILES string of the molecule is O=C(CCCNC(=O)c1ccc(F)cc1F)Nc1cccc(Cl)c1. The van der Waals surface area contributed by atoms with E-state index in [9.17, 15) is 18.4 Å². The second kappa shape index (κ2) is 8.40. The maximum atomic E-state index is 13.4. The van der Waals surface area contributed by atoms with E-state index in [1.165, 1.54) is 0 Å². The van der Waals surface area contributed by atoms with Crippen LogP contribution in [0.1, 0.15) is 23.2 Å². The lowest BCUT2D eigenvalue weighted by molar-refractivity contribution is -0.116. The van der Waals surface area contributed by atoms with Crippen LogP contribution in [-0.2, 0) is 4.79 Å². The third-order valence-electron chi connectivity index (χ3n) is 3.15. The number of halogens is 3. The highest BCUT2D eigenvalue weighted by molar-refractivity contribution is 6.30. The van der Waals surface area contributed by atoms with Crippen LogP contribution in [0.3, 0.4) is 0 Å². The molecule has 126 valence electrons. The highest BCUT2D eigenvalue weighted by atomic mass is 35.5. The van der Waals surface area contributed by atoms with Crippen molar-refractivity contribution < 1.29 is 18.4 Å². The molecular formula is C17H15ClF2N2O2. The van der Waals surface area contributed by atoms with E-state index in [-0.39, 0.29) is 24.4 Å². The van der Waals surface area contributed by atoms with Crippen molar-refractivity contribution in [2.24, 2.45) is 0 Å². The van der Waals surface area contributed by atoms with Gasteiger partial charge in [0.05, 0.1) is 5.56 Å². The minimum atomic E-state index is -0.925. The summed E-state index contributed by atoms with van der Waals surface area (Å²) >= 11 is 5.82. The highest BCUT2D eigenvalue weighted by Crippen LogP contribution is 2.15. The minimum Gasteiger partial charge on any atom is -0.352 e. The lowest BCUT2D eigenvalue weighted by Gasteiger charge is -2.07. The van der Waals surface area contributed by atoms with Gasteiger partial charge in [-0.15, -0.1) is 0 Å². The largest absolute Gasteiger partial charge is 0.352 e. The summed E-state index contributed by atoms with van der Waals surface area (Å²) in [5, 5.41) is 5.68. The summed E-state index contributed by atoms with van der Waals surface area (Å²) in [5.41, 5.74) is 0.352. The molecule has 2 rings (SSSR count). The van der Waals surface area contributed by atoms with Crippen molar-refractivity contribution in [3.63, 3.8) is 0 Å².